The number of aliphatic carboxylic acids is 1. The summed E-state index contributed by atoms with van der Waals surface area (Å²) in [5.74, 6) is -1.16. The molecule has 0 saturated heterocycles. The molecule has 1 aromatic rings. The molecule has 2 rings (SSSR count). The number of carboxylic acid groups (broad SMARTS) is 1. The van der Waals surface area contributed by atoms with Crippen molar-refractivity contribution in [1.29, 1.82) is 0 Å². The van der Waals surface area contributed by atoms with Crippen molar-refractivity contribution in [2.24, 2.45) is 0 Å². The van der Waals surface area contributed by atoms with E-state index < -0.39 is 11.5 Å². The Morgan fingerprint density at radius 3 is 2.67 bits per heavy atom. The minimum Gasteiger partial charge on any atom is -0.481 e. The molecule has 1 saturated carbocycles. The average Bonchev–Trinajstić information content (AvgIpc) is 2.25. The van der Waals surface area contributed by atoms with E-state index >= 15 is 0 Å². The smallest absolute Gasteiger partial charge is 0.305 e. The molecule has 0 spiro atoms. The highest BCUT2D eigenvalue weighted by Gasteiger charge is 2.40. The summed E-state index contributed by atoms with van der Waals surface area (Å²) in [6, 6.07) is 1.66. The van der Waals surface area contributed by atoms with Crippen molar-refractivity contribution in [2.75, 3.05) is 0 Å². The molecule has 18 heavy (non-hydrogen) atoms. The predicted molar refractivity (Wildman–Crippen MR) is 68.2 cm³/mol. The topological polar surface area (TPSA) is 79.3 Å². The summed E-state index contributed by atoms with van der Waals surface area (Å²) < 4.78 is 0.719. The monoisotopic (exact) mass is 312 g/mol. The van der Waals surface area contributed by atoms with Crippen LogP contribution in [0.15, 0.2) is 22.9 Å². The van der Waals surface area contributed by atoms with Crippen molar-refractivity contribution in [1.82, 2.24) is 10.3 Å². The van der Waals surface area contributed by atoms with Gasteiger partial charge in [0.05, 0.1) is 17.5 Å². The molecule has 1 aliphatic rings. The molecule has 0 unspecified atom stereocenters. The van der Waals surface area contributed by atoms with Gasteiger partial charge in [0.1, 0.15) is 0 Å². The van der Waals surface area contributed by atoms with E-state index in [9.17, 15) is 9.59 Å². The van der Waals surface area contributed by atoms with Crippen molar-refractivity contribution in [3.63, 3.8) is 0 Å². The molecule has 1 heterocycles. The van der Waals surface area contributed by atoms with Crippen LogP contribution >= 0.6 is 15.9 Å². The summed E-state index contributed by atoms with van der Waals surface area (Å²) in [6.45, 7) is 0. The maximum atomic E-state index is 12.0. The standard InChI is InChI=1S/C12H13BrN2O3/c13-9-4-8(6-14-7-9)11(18)15-12(2-1-3-12)5-10(16)17/h4,6-7H,1-3,5H2,(H,15,18)(H,16,17). The summed E-state index contributed by atoms with van der Waals surface area (Å²) in [5, 5.41) is 11.7. The third kappa shape index (κ3) is 2.87. The summed E-state index contributed by atoms with van der Waals surface area (Å²) in [6.07, 6.45) is 5.41. The molecule has 0 bridgehead atoms. The number of nitrogens with one attached hydrogen (secondary N) is 1. The van der Waals surface area contributed by atoms with Gasteiger partial charge in [0.2, 0.25) is 0 Å². The van der Waals surface area contributed by atoms with Gasteiger partial charge in [0.25, 0.3) is 5.91 Å². The summed E-state index contributed by atoms with van der Waals surface area (Å²) >= 11 is 3.24. The molecule has 0 aliphatic heterocycles. The number of pyridine rings is 1. The summed E-state index contributed by atoms with van der Waals surface area (Å²) in [5.41, 5.74) is -0.147. The van der Waals surface area contributed by atoms with Crippen LogP contribution in [0.3, 0.4) is 0 Å². The zero-order chi connectivity index (χ0) is 13.2. The SMILES string of the molecule is O=C(O)CC1(NC(=O)c2cncc(Br)c2)CCC1. The van der Waals surface area contributed by atoms with Crippen LogP contribution in [0.1, 0.15) is 36.0 Å². The summed E-state index contributed by atoms with van der Waals surface area (Å²) in [4.78, 5) is 26.7. The van der Waals surface area contributed by atoms with E-state index in [-0.39, 0.29) is 12.3 Å². The second-order valence-corrected chi connectivity index (χ2v) is 5.47. The largest absolute Gasteiger partial charge is 0.481 e. The lowest BCUT2D eigenvalue weighted by Gasteiger charge is -2.41. The van der Waals surface area contributed by atoms with Crippen LogP contribution in [0.25, 0.3) is 0 Å². The number of carbonyl (C=O) groups excluding carboxylic acids is 1. The Bertz CT molecular complexity index is 486. The van der Waals surface area contributed by atoms with Crippen LogP contribution < -0.4 is 5.32 Å². The zero-order valence-corrected chi connectivity index (χ0v) is 11.2. The lowest BCUT2D eigenvalue weighted by atomic mass is 9.74. The lowest BCUT2D eigenvalue weighted by Crippen LogP contribution is -2.54. The molecule has 1 aromatic heterocycles. The number of rotatable bonds is 4. The third-order valence-corrected chi connectivity index (χ3v) is 3.58. The second kappa shape index (κ2) is 5.06. The van der Waals surface area contributed by atoms with Gasteiger partial charge in [-0.1, -0.05) is 0 Å². The summed E-state index contributed by atoms with van der Waals surface area (Å²) in [7, 11) is 0. The second-order valence-electron chi connectivity index (χ2n) is 4.55. The van der Waals surface area contributed by atoms with Gasteiger partial charge in [-0.3, -0.25) is 14.6 Å². The zero-order valence-electron chi connectivity index (χ0n) is 9.65. The Hall–Kier alpha value is -1.43. The lowest BCUT2D eigenvalue weighted by molar-refractivity contribution is -0.139. The normalized spacial score (nSPS) is 16.7. The maximum absolute atomic E-state index is 12.0. The molecule has 1 aliphatic carbocycles. The van der Waals surface area contributed by atoms with E-state index in [0.717, 1.165) is 10.9 Å². The number of nitrogens with zero attached hydrogens (tertiary/aromatic N) is 1. The molecule has 0 aromatic carbocycles. The number of amides is 1. The van der Waals surface area contributed by atoms with Crippen LogP contribution in [0, 0.1) is 0 Å². The first-order valence-corrected chi connectivity index (χ1v) is 6.45. The van der Waals surface area contributed by atoms with E-state index in [0.29, 0.717) is 18.4 Å². The van der Waals surface area contributed by atoms with Crippen molar-refractivity contribution in [3.05, 3.63) is 28.5 Å². The number of hydrogen-bond donors (Lipinski definition) is 2. The van der Waals surface area contributed by atoms with Crippen molar-refractivity contribution in [3.8, 4) is 0 Å². The van der Waals surface area contributed by atoms with Crippen LogP contribution in [0.4, 0.5) is 0 Å². The molecule has 6 heteroatoms. The van der Waals surface area contributed by atoms with Crippen LogP contribution in [0.2, 0.25) is 0 Å². The van der Waals surface area contributed by atoms with Crippen molar-refractivity contribution in [2.45, 2.75) is 31.2 Å². The Kier molecular flexibility index (Phi) is 3.65. The molecule has 2 N–H and O–H groups in total. The Morgan fingerprint density at radius 2 is 2.17 bits per heavy atom. The fraction of sp³-hybridized carbons (Fsp3) is 0.417. The number of hydrogen-bond acceptors (Lipinski definition) is 3. The van der Waals surface area contributed by atoms with Gasteiger partial charge in [-0.15, -0.1) is 0 Å². The van der Waals surface area contributed by atoms with E-state index in [2.05, 4.69) is 26.2 Å². The molecular formula is C12H13BrN2O3. The van der Waals surface area contributed by atoms with Gasteiger partial charge in [-0.25, -0.2) is 0 Å². The quantitative estimate of drug-likeness (QED) is 0.891. The van der Waals surface area contributed by atoms with Gasteiger partial charge in [-0.2, -0.15) is 0 Å². The Labute approximate surface area is 113 Å². The number of carboxylic acids is 1. The van der Waals surface area contributed by atoms with Crippen molar-refractivity contribution < 1.29 is 14.7 Å². The Balaban J connectivity index is 2.08. The van der Waals surface area contributed by atoms with Crippen LogP contribution in [-0.4, -0.2) is 27.5 Å². The van der Waals surface area contributed by atoms with Gasteiger partial charge in [0.15, 0.2) is 0 Å². The molecular weight excluding hydrogens is 300 g/mol. The minimum absolute atomic E-state index is 0.0276. The minimum atomic E-state index is -0.887. The fourth-order valence-corrected chi connectivity index (χ4v) is 2.45. The van der Waals surface area contributed by atoms with E-state index in [1.54, 1.807) is 12.3 Å². The first-order valence-electron chi connectivity index (χ1n) is 5.66. The molecule has 0 atom stereocenters. The molecule has 5 nitrogen and oxygen atoms in total. The van der Waals surface area contributed by atoms with Crippen molar-refractivity contribution >= 4 is 27.8 Å². The third-order valence-electron chi connectivity index (χ3n) is 3.15. The van der Waals surface area contributed by atoms with Gasteiger partial charge in [0, 0.05) is 16.9 Å². The van der Waals surface area contributed by atoms with Gasteiger partial charge >= 0.3 is 5.97 Å². The van der Waals surface area contributed by atoms with Crippen LogP contribution in [-0.2, 0) is 4.79 Å². The molecule has 96 valence electrons. The first-order chi connectivity index (χ1) is 8.51. The number of carbonyl (C=O) groups is 2. The van der Waals surface area contributed by atoms with Crippen LogP contribution in [0.5, 0.6) is 0 Å². The highest BCUT2D eigenvalue weighted by Crippen LogP contribution is 2.35. The van der Waals surface area contributed by atoms with E-state index in [4.69, 9.17) is 5.11 Å². The van der Waals surface area contributed by atoms with E-state index in [1.807, 2.05) is 0 Å². The molecule has 0 radical (unpaired) electrons. The van der Waals surface area contributed by atoms with Gasteiger partial charge < -0.3 is 10.4 Å². The Morgan fingerprint density at radius 1 is 1.44 bits per heavy atom. The molecule has 1 amide bonds. The maximum Gasteiger partial charge on any atom is 0.305 e. The van der Waals surface area contributed by atoms with E-state index in [1.165, 1.54) is 6.20 Å². The average molecular weight is 313 g/mol. The fourth-order valence-electron chi connectivity index (χ4n) is 2.09. The number of halogens is 1. The predicted octanol–water partition coefficient (Wildman–Crippen LogP) is 1.97. The number of aromatic nitrogens is 1. The first kappa shape index (κ1) is 13.0. The van der Waals surface area contributed by atoms with Gasteiger partial charge in [-0.05, 0) is 41.3 Å². The molecule has 1 fully saturated rings. The highest BCUT2D eigenvalue weighted by atomic mass is 79.9. The highest BCUT2D eigenvalue weighted by molar-refractivity contribution is 9.10.